The first-order valence-corrected chi connectivity index (χ1v) is 13.3. The molecule has 2 aliphatic heterocycles. The molecule has 18 heteroatoms. The number of thioether (sulfide) groups is 2. The number of β-lactam (4-membered cyclic amide) rings is 1. The lowest BCUT2D eigenvalue weighted by Crippen LogP contribution is -2.71. The maximum atomic E-state index is 12.9. The molecule has 2 aromatic rings. The third-order valence-corrected chi connectivity index (χ3v) is 8.31. The van der Waals surface area contributed by atoms with E-state index in [1.165, 1.54) is 33.8 Å². The highest BCUT2D eigenvalue weighted by Gasteiger charge is 2.54. The van der Waals surface area contributed by atoms with E-state index in [0.29, 0.717) is 23.0 Å². The molecule has 15 nitrogen and oxygen atoms in total. The van der Waals surface area contributed by atoms with E-state index in [2.05, 4.69) is 31.0 Å². The van der Waals surface area contributed by atoms with Crippen molar-refractivity contribution in [2.45, 2.75) is 23.1 Å². The van der Waals surface area contributed by atoms with Gasteiger partial charge in [-0.1, -0.05) is 16.9 Å². The fourth-order valence-electron chi connectivity index (χ4n) is 3.50. The van der Waals surface area contributed by atoms with Crippen molar-refractivity contribution in [1.29, 1.82) is 0 Å². The summed E-state index contributed by atoms with van der Waals surface area (Å²) in [6.07, 6.45) is 0. The van der Waals surface area contributed by atoms with E-state index in [0.717, 1.165) is 17.9 Å². The Kier molecular flexibility index (Phi) is 7.76. The van der Waals surface area contributed by atoms with Gasteiger partial charge < -0.3 is 26.3 Å². The van der Waals surface area contributed by atoms with Crippen molar-refractivity contribution in [3.63, 3.8) is 0 Å². The van der Waals surface area contributed by atoms with Crippen LogP contribution in [0.2, 0.25) is 0 Å². The minimum absolute atomic E-state index is 0.0655. The number of anilines is 1. The van der Waals surface area contributed by atoms with Gasteiger partial charge in [-0.25, -0.2) is 14.5 Å². The number of rotatable bonds is 10. The molecule has 5 N–H and O–H groups in total. The van der Waals surface area contributed by atoms with Crippen LogP contribution in [-0.2, 0) is 20.9 Å². The molecule has 36 heavy (non-hydrogen) atoms. The molecule has 0 aliphatic carbocycles. The van der Waals surface area contributed by atoms with Crippen LogP contribution in [0.1, 0.15) is 5.69 Å². The molecule has 0 aromatic carbocycles. The summed E-state index contributed by atoms with van der Waals surface area (Å²) in [6, 6.07) is -0.989. The van der Waals surface area contributed by atoms with E-state index >= 15 is 0 Å². The van der Waals surface area contributed by atoms with Gasteiger partial charge >= 0.3 is 5.97 Å². The van der Waals surface area contributed by atoms with E-state index in [-0.39, 0.29) is 22.3 Å². The number of carboxylic acid groups (broad SMARTS) is 1. The van der Waals surface area contributed by atoms with Gasteiger partial charge in [-0.3, -0.25) is 14.5 Å². The standard InChI is InChI=1S/C18H22N10O5S3/c1-26(2)3-4-27-18(22-24-25-27)36-6-8-5-34-15-11(14(30)28(15)12(8)16(31)32)21-13(29)10(23-33)9-7-35-17(19)20-9/h7,11,15,33H,3-6H2,1-2H3,(H2,19,20)(H,21,29)(H,31,32)/b23-10-/t11-,15-/m1/s1. The molecular weight excluding hydrogens is 532 g/mol. The second-order valence-electron chi connectivity index (χ2n) is 7.91. The highest BCUT2D eigenvalue weighted by Crippen LogP contribution is 2.41. The van der Waals surface area contributed by atoms with Gasteiger partial charge in [0.25, 0.3) is 11.8 Å². The number of nitrogens with one attached hydrogen (secondary N) is 1. The Morgan fingerprint density at radius 1 is 1.42 bits per heavy atom. The average molecular weight is 555 g/mol. The Balaban J connectivity index is 1.45. The molecule has 0 bridgehead atoms. The van der Waals surface area contributed by atoms with Crippen LogP contribution in [0.25, 0.3) is 0 Å². The van der Waals surface area contributed by atoms with Crippen molar-refractivity contribution < 1.29 is 24.7 Å². The Morgan fingerprint density at radius 2 is 2.19 bits per heavy atom. The fourth-order valence-corrected chi connectivity index (χ4v) is 6.44. The van der Waals surface area contributed by atoms with Gasteiger partial charge in [0.15, 0.2) is 10.8 Å². The normalized spacial score (nSPS) is 19.9. The zero-order valence-electron chi connectivity index (χ0n) is 19.1. The predicted molar refractivity (Wildman–Crippen MR) is 132 cm³/mol. The summed E-state index contributed by atoms with van der Waals surface area (Å²) in [6.45, 7) is 1.30. The maximum Gasteiger partial charge on any atom is 0.352 e. The van der Waals surface area contributed by atoms with Crippen LogP contribution in [0, 0.1) is 0 Å². The highest BCUT2D eigenvalue weighted by molar-refractivity contribution is 8.01. The predicted octanol–water partition coefficient (Wildman–Crippen LogP) is -1.02. The van der Waals surface area contributed by atoms with Gasteiger partial charge in [-0.2, -0.15) is 0 Å². The van der Waals surface area contributed by atoms with Crippen LogP contribution in [0.15, 0.2) is 27.0 Å². The fraction of sp³-hybridized carbons (Fsp3) is 0.444. The second kappa shape index (κ2) is 10.8. The molecule has 4 rings (SSSR count). The largest absolute Gasteiger partial charge is 0.477 e. The number of hydrogen-bond acceptors (Lipinski definition) is 14. The smallest absolute Gasteiger partial charge is 0.352 e. The minimum atomic E-state index is -1.24. The van der Waals surface area contributed by atoms with Gasteiger partial charge in [-0.05, 0) is 30.1 Å². The number of thiazole rings is 1. The summed E-state index contributed by atoms with van der Waals surface area (Å²) in [5.74, 6) is -2.04. The van der Waals surface area contributed by atoms with E-state index < -0.39 is 34.9 Å². The van der Waals surface area contributed by atoms with Crippen LogP contribution in [0.3, 0.4) is 0 Å². The van der Waals surface area contributed by atoms with Gasteiger partial charge in [0.1, 0.15) is 22.8 Å². The number of amides is 2. The molecule has 1 saturated heterocycles. The number of likely N-dealkylation sites (N-methyl/N-ethyl adjacent to an activating group) is 1. The summed E-state index contributed by atoms with van der Waals surface area (Å²) in [5, 5.41) is 37.8. The number of oxime groups is 1. The first-order valence-electron chi connectivity index (χ1n) is 10.4. The molecule has 0 unspecified atom stereocenters. The molecular formula is C18H22N10O5S3. The number of hydrogen-bond donors (Lipinski definition) is 4. The summed E-state index contributed by atoms with van der Waals surface area (Å²) in [5.41, 5.74) is 5.67. The van der Waals surface area contributed by atoms with Crippen LogP contribution < -0.4 is 11.1 Å². The van der Waals surface area contributed by atoms with Crippen molar-refractivity contribution in [2.75, 3.05) is 37.9 Å². The number of aliphatic carboxylic acids is 1. The van der Waals surface area contributed by atoms with Crippen LogP contribution >= 0.6 is 34.9 Å². The van der Waals surface area contributed by atoms with Gasteiger partial charge in [0.05, 0.1) is 6.54 Å². The summed E-state index contributed by atoms with van der Waals surface area (Å²) >= 11 is 3.67. The SMILES string of the molecule is CN(C)CCn1nnnc1SCC1=C(C(=O)O)N2C(=O)[C@@H](NC(=O)/C(=N\O)c3csc(N)n3)[C@H]2SC1. The lowest BCUT2D eigenvalue weighted by Gasteiger charge is -2.49. The molecule has 0 radical (unpaired) electrons. The van der Waals surface area contributed by atoms with Crippen molar-refractivity contribution in [1.82, 2.24) is 40.3 Å². The molecule has 4 heterocycles. The number of nitrogens with two attached hydrogens (primary N) is 1. The number of carboxylic acids is 1. The Labute approximate surface area is 216 Å². The van der Waals surface area contributed by atoms with E-state index in [9.17, 15) is 24.7 Å². The molecule has 0 saturated carbocycles. The summed E-state index contributed by atoms with van der Waals surface area (Å²) in [7, 11) is 3.87. The van der Waals surface area contributed by atoms with E-state index in [4.69, 9.17) is 5.73 Å². The summed E-state index contributed by atoms with van der Waals surface area (Å²) in [4.78, 5) is 44.7. The molecule has 2 aliphatic rings. The minimum Gasteiger partial charge on any atom is -0.477 e. The molecule has 2 aromatic heterocycles. The zero-order valence-corrected chi connectivity index (χ0v) is 21.5. The third-order valence-electron chi connectivity index (χ3n) is 5.25. The van der Waals surface area contributed by atoms with Crippen molar-refractivity contribution in [3.05, 3.63) is 22.3 Å². The first kappa shape index (κ1) is 25.9. The van der Waals surface area contributed by atoms with E-state index in [1.54, 1.807) is 4.68 Å². The molecule has 2 atom stereocenters. The maximum absolute atomic E-state index is 12.9. The second-order valence-corrected chi connectivity index (χ2v) is 10.9. The van der Waals surface area contributed by atoms with Gasteiger partial charge in [0, 0.05) is 23.4 Å². The number of nitrogens with zero attached hydrogens (tertiary/aromatic N) is 8. The topological polar surface area (TPSA) is 205 Å². The quantitative estimate of drug-likeness (QED) is 0.0914. The average Bonchev–Trinajstić information content (AvgIpc) is 3.48. The number of nitrogen functional groups attached to an aromatic ring is 1. The Morgan fingerprint density at radius 3 is 2.83 bits per heavy atom. The van der Waals surface area contributed by atoms with Crippen molar-refractivity contribution in [3.8, 4) is 0 Å². The first-order chi connectivity index (χ1) is 17.2. The molecule has 192 valence electrons. The monoisotopic (exact) mass is 554 g/mol. The number of carbonyl (C=O) groups is 3. The highest BCUT2D eigenvalue weighted by atomic mass is 32.2. The Hall–Kier alpha value is -3.22. The molecule has 0 spiro atoms. The number of tetrazole rings is 1. The lowest BCUT2D eigenvalue weighted by molar-refractivity contribution is -0.150. The summed E-state index contributed by atoms with van der Waals surface area (Å²) < 4.78 is 1.64. The number of fused-ring (bicyclic) bond motifs is 1. The van der Waals surface area contributed by atoms with Crippen molar-refractivity contribution >= 4 is 63.5 Å². The lowest BCUT2D eigenvalue weighted by atomic mass is 10.0. The van der Waals surface area contributed by atoms with Crippen LogP contribution in [0.4, 0.5) is 5.13 Å². The van der Waals surface area contributed by atoms with Gasteiger partial charge in [0.2, 0.25) is 5.16 Å². The zero-order chi connectivity index (χ0) is 26.0. The number of carbonyl (C=O) groups excluding carboxylic acids is 2. The van der Waals surface area contributed by atoms with Crippen molar-refractivity contribution in [2.24, 2.45) is 5.16 Å². The van der Waals surface area contributed by atoms with E-state index in [1.807, 2.05) is 19.0 Å². The van der Waals surface area contributed by atoms with Crippen LogP contribution in [-0.4, -0.2) is 112 Å². The molecule has 1 fully saturated rings. The van der Waals surface area contributed by atoms with Crippen LogP contribution in [0.5, 0.6) is 0 Å². The number of aromatic nitrogens is 5. The Bertz CT molecular complexity index is 1240. The third kappa shape index (κ3) is 5.15. The van der Waals surface area contributed by atoms with Gasteiger partial charge in [-0.15, -0.1) is 28.2 Å². The molecule has 2 amide bonds.